The Morgan fingerprint density at radius 1 is 0.875 bits per heavy atom. The highest BCUT2D eigenvalue weighted by Crippen LogP contribution is 2.52. The summed E-state index contributed by atoms with van der Waals surface area (Å²) >= 11 is 26.4. The number of halogens is 4. The minimum Gasteiger partial charge on any atom is -0.478 e. The van der Waals surface area contributed by atoms with Crippen molar-refractivity contribution in [2.24, 2.45) is 0 Å². The summed E-state index contributed by atoms with van der Waals surface area (Å²) in [5, 5.41) is 13.7. The van der Waals surface area contributed by atoms with Crippen LogP contribution in [0, 0.1) is 0 Å². The molecule has 0 spiro atoms. The van der Waals surface area contributed by atoms with Crippen LogP contribution in [0.25, 0.3) is 22.9 Å². The number of ether oxygens (including phenoxy) is 1. The Kier molecular flexibility index (Phi) is 6.25. The third-order valence-corrected chi connectivity index (χ3v) is 10.0. The monoisotopic (exact) mass is 609 g/mol. The number of carboxylic acid groups (broad SMARTS) is 1. The molecule has 202 valence electrons. The molecule has 40 heavy (non-hydrogen) atoms. The molecule has 4 aromatic carbocycles. The molecule has 1 N–H and O–H groups in total. The first kappa shape index (κ1) is 26.0. The molecule has 0 aromatic heterocycles. The second kappa shape index (κ2) is 9.60. The van der Waals surface area contributed by atoms with Crippen molar-refractivity contribution in [3.63, 3.8) is 0 Å². The molecular formula is C32H23Cl4NO3. The van der Waals surface area contributed by atoms with Crippen LogP contribution in [0.3, 0.4) is 0 Å². The maximum Gasteiger partial charge on any atom is 0.337 e. The molecule has 0 radical (unpaired) electrons. The lowest BCUT2D eigenvalue weighted by atomic mass is 9.84. The molecule has 0 saturated carbocycles. The van der Waals surface area contributed by atoms with Crippen molar-refractivity contribution in [1.82, 2.24) is 0 Å². The van der Waals surface area contributed by atoms with E-state index in [1.807, 2.05) is 30.3 Å². The summed E-state index contributed by atoms with van der Waals surface area (Å²) < 4.78 is 6.87. The summed E-state index contributed by atoms with van der Waals surface area (Å²) in [6.45, 7) is 6.10. The number of anilines is 1. The van der Waals surface area contributed by atoms with E-state index in [-0.39, 0.29) is 31.2 Å². The van der Waals surface area contributed by atoms with E-state index in [2.05, 4.69) is 17.5 Å². The Morgan fingerprint density at radius 3 is 2.45 bits per heavy atom. The Bertz CT molecular complexity index is 1920. The first-order valence-corrected chi connectivity index (χ1v) is 14.7. The number of carboxylic acids is 1. The third-order valence-electron chi connectivity index (χ3n) is 8.23. The van der Waals surface area contributed by atoms with Crippen LogP contribution in [0.5, 0.6) is 11.5 Å². The van der Waals surface area contributed by atoms with E-state index < -0.39 is 5.97 Å². The van der Waals surface area contributed by atoms with Crippen molar-refractivity contribution in [2.75, 3.05) is 18.0 Å². The first-order chi connectivity index (χ1) is 19.3. The molecule has 8 heteroatoms. The second-order valence-corrected chi connectivity index (χ2v) is 12.1. The number of hydrogen-bond acceptors (Lipinski definition) is 3. The Morgan fingerprint density at radius 2 is 1.65 bits per heavy atom. The Hall–Kier alpha value is -2.89. The number of nitrogens with zero attached hydrogens (tertiary/aromatic N) is 1. The van der Waals surface area contributed by atoms with Gasteiger partial charge in [-0.25, -0.2) is 4.79 Å². The van der Waals surface area contributed by atoms with Crippen LogP contribution in [0.4, 0.5) is 5.69 Å². The topological polar surface area (TPSA) is 49.8 Å². The Labute approximate surface area is 251 Å². The highest BCUT2D eigenvalue weighted by molar-refractivity contribution is 6.53. The first-order valence-electron chi connectivity index (χ1n) is 13.2. The van der Waals surface area contributed by atoms with Crippen LogP contribution < -0.4 is 20.1 Å². The zero-order valence-corrected chi connectivity index (χ0v) is 24.4. The molecule has 3 aliphatic rings. The highest BCUT2D eigenvalue weighted by Gasteiger charge is 2.35. The van der Waals surface area contributed by atoms with Crippen molar-refractivity contribution in [3.8, 4) is 11.5 Å². The van der Waals surface area contributed by atoms with Gasteiger partial charge in [0.05, 0.1) is 25.7 Å². The van der Waals surface area contributed by atoms with Gasteiger partial charge in [-0.3, -0.25) is 0 Å². The lowest BCUT2D eigenvalue weighted by Crippen LogP contribution is -2.31. The fourth-order valence-electron chi connectivity index (χ4n) is 6.53. The molecule has 0 amide bonds. The van der Waals surface area contributed by atoms with E-state index in [0.29, 0.717) is 16.5 Å². The summed E-state index contributed by atoms with van der Waals surface area (Å²) in [4.78, 5) is 15.2. The number of aromatic carboxylic acids is 1. The van der Waals surface area contributed by atoms with Gasteiger partial charge in [-0.05, 0) is 66.5 Å². The largest absolute Gasteiger partial charge is 0.478 e. The molecule has 0 unspecified atom stereocenters. The summed E-state index contributed by atoms with van der Waals surface area (Å²) in [5.41, 5.74) is 5.10. The number of carbonyl (C=O) groups is 1. The quantitative estimate of drug-likeness (QED) is 0.162. The average Bonchev–Trinajstić information content (AvgIpc) is 3.15. The molecule has 0 bridgehead atoms. The van der Waals surface area contributed by atoms with E-state index in [1.165, 1.54) is 11.3 Å². The van der Waals surface area contributed by atoms with Crippen LogP contribution in [0.1, 0.15) is 51.9 Å². The summed E-state index contributed by atoms with van der Waals surface area (Å²) in [7, 11) is 0. The Balaban J connectivity index is 1.70. The van der Waals surface area contributed by atoms with Crippen LogP contribution in [-0.4, -0.2) is 24.2 Å². The zero-order valence-electron chi connectivity index (χ0n) is 21.3. The van der Waals surface area contributed by atoms with Gasteiger partial charge < -0.3 is 14.7 Å². The van der Waals surface area contributed by atoms with Crippen molar-refractivity contribution < 1.29 is 14.6 Å². The molecule has 3 heterocycles. The van der Waals surface area contributed by atoms with Crippen LogP contribution >= 0.6 is 46.4 Å². The lowest BCUT2D eigenvalue weighted by Gasteiger charge is -2.35. The van der Waals surface area contributed by atoms with E-state index in [9.17, 15) is 9.90 Å². The maximum absolute atomic E-state index is 12.7. The van der Waals surface area contributed by atoms with Gasteiger partial charge in [-0.2, -0.15) is 0 Å². The van der Waals surface area contributed by atoms with Gasteiger partial charge in [0.2, 0.25) is 0 Å². The van der Waals surface area contributed by atoms with Gasteiger partial charge in [0.15, 0.2) is 0 Å². The van der Waals surface area contributed by atoms with E-state index in [4.69, 9.17) is 51.1 Å². The zero-order chi connectivity index (χ0) is 27.9. The second-order valence-electron chi connectivity index (χ2n) is 10.6. The maximum atomic E-state index is 12.7. The number of aryl methyl sites for hydroxylation is 1. The molecule has 0 atom stereocenters. The predicted octanol–water partition coefficient (Wildman–Crippen LogP) is 8.00. The molecule has 4 nitrogen and oxygen atoms in total. The van der Waals surface area contributed by atoms with Crippen LogP contribution in [0.15, 0.2) is 36.4 Å². The minimum absolute atomic E-state index is 0.0141. The summed E-state index contributed by atoms with van der Waals surface area (Å²) in [6, 6.07) is 12.0. The molecule has 0 fully saturated rings. The number of hydrogen-bond donors (Lipinski definition) is 1. The van der Waals surface area contributed by atoms with Crippen molar-refractivity contribution >= 4 is 81.0 Å². The number of benzene rings is 4. The average molecular weight is 611 g/mol. The fourth-order valence-corrected chi connectivity index (χ4v) is 7.56. The van der Waals surface area contributed by atoms with Gasteiger partial charge in [-0.1, -0.05) is 71.2 Å². The normalized spacial score (nSPS) is 15.7. The van der Waals surface area contributed by atoms with Crippen molar-refractivity contribution in [1.29, 1.82) is 0 Å². The third kappa shape index (κ3) is 3.77. The van der Waals surface area contributed by atoms with E-state index >= 15 is 0 Å². The minimum atomic E-state index is -1.24. The standard InChI is InChI=1S/C32H23Cl4NO3/c1-15-7-9-18-16(13-15)8-10-19-22(23-24(32(38)39)26(34)28(36)27(35)25(23)33)21-14-17-5-2-3-11-37-12-4-6-20(29(17)37)31(21)40-30(18)19/h7-10,13-14H,1-6,11-12H2,(H,38,39). The van der Waals surface area contributed by atoms with Gasteiger partial charge in [0.1, 0.15) is 11.5 Å². The molecule has 0 aliphatic carbocycles. The van der Waals surface area contributed by atoms with E-state index in [1.54, 1.807) is 0 Å². The van der Waals surface area contributed by atoms with Crippen molar-refractivity contribution in [3.05, 3.63) is 94.7 Å². The SMILES string of the molecule is C=c1ccc2c3c(ccc2c1)=C(c1c(Cl)c(Cl)c(Cl)c(Cl)c1C(=O)O)c1cc2c4c(c1O3)CCCN4CCCC2. The number of fused-ring (bicyclic) bond motifs is 5. The molecular weight excluding hydrogens is 588 g/mol. The van der Waals surface area contributed by atoms with E-state index in [0.717, 1.165) is 78.1 Å². The lowest BCUT2D eigenvalue weighted by molar-refractivity contribution is 0.0696. The van der Waals surface area contributed by atoms with Crippen molar-refractivity contribution in [2.45, 2.75) is 32.1 Å². The fraction of sp³-hybridized carbons (Fsp3) is 0.219. The smallest absolute Gasteiger partial charge is 0.337 e. The van der Waals surface area contributed by atoms with Gasteiger partial charge in [-0.15, -0.1) is 0 Å². The molecule has 0 saturated heterocycles. The van der Waals surface area contributed by atoms with Gasteiger partial charge in [0, 0.05) is 51.6 Å². The predicted molar refractivity (Wildman–Crippen MR) is 164 cm³/mol. The summed E-state index contributed by atoms with van der Waals surface area (Å²) in [6.07, 6.45) is 4.99. The molecule has 3 aliphatic heterocycles. The molecule has 4 aromatic rings. The van der Waals surface area contributed by atoms with Crippen LogP contribution in [-0.2, 0) is 12.8 Å². The number of rotatable bonds is 2. The van der Waals surface area contributed by atoms with Crippen LogP contribution in [0.2, 0.25) is 20.1 Å². The molecule has 7 rings (SSSR count). The highest BCUT2D eigenvalue weighted by atomic mass is 35.5. The van der Waals surface area contributed by atoms with Gasteiger partial charge >= 0.3 is 5.97 Å². The summed E-state index contributed by atoms with van der Waals surface area (Å²) in [5.74, 6) is 0.123. The van der Waals surface area contributed by atoms with Gasteiger partial charge in [0.25, 0.3) is 0 Å².